The number of hydrogen-bond donors (Lipinski definition) is 1. The Morgan fingerprint density at radius 1 is 1.09 bits per heavy atom. The van der Waals surface area contributed by atoms with E-state index in [0.717, 1.165) is 53.4 Å². The van der Waals surface area contributed by atoms with Gasteiger partial charge in [-0.15, -0.1) is 0 Å². The molecule has 0 aliphatic carbocycles. The summed E-state index contributed by atoms with van der Waals surface area (Å²) in [6.45, 7) is 8.26. The minimum Gasteiger partial charge on any atom is -0.493 e. The molecule has 2 aromatic carbocycles. The highest BCUT2D eigenvalue weighted by molar-refractivity contribution is 5.77. The molecule has 4 rings (SSSR count). The molecular weight excluding hydrogens is 406 g/mol. The number of methoxy groups -OCH3 is 1. The fraction of sp³-hybridized carbons (Fsp3) is 0.480. The van der Waals surface area contributed by atoms with E-state index in [1.807, 2.05) is 6.07 Å². The maximum absolute atomic E-state index is 6.04. The van der Waals surface area contributed by atoms with E-state index in [1.54, 1.807) is 7.11 Å². The van der Waals surface area contributed by atoms with Crippen LogP contribution in [0.25, 0.3) is 11.0 Å². The van der Waals surface area contributed by atoms with E-state index in [-0.39, 0.29) is 6.10 Å². The Morgan fingerprint density at radius 2 is 1.94 bits per heavy atom. The first kappa shape index (κ1) is 22.6. The van der Waals surface area contributed by atoms with Gasteiger partial charge in [0.25, 0.3) is 0 Å². The number of aryl methyl sites for hydroxylation is 2. The molecule has 1 saturated heterocycles. The van der Waals surface area contributed by atoms with Crippen molar-refractivity contribution in [3.05, 3.63) is 52.8 Å². The summed E-state index contributed by atoms with van der Waals surface area (Å²) in [5, 5.41) is 0. The number of aromatic nitrogens is 2. The molecule has 1 aliphatic heterocycles. The minimum absolute atomic E-state index is 0.0976. The molecule has 7 nitrogen and oxygen atoms in total. The molecule has 1 unspecified atom stereocenters. The number of H-pyrrole nitrogens is 1. The summed E-state index contributed by atoms with van der Waals surface area (Å²) in [5.41, 5.74) is 5.79. The lowest BCUT2D eigenvalue weighted by Crippen LogP contribution is -2.29. The Balaban J connectivity index is 1.37. The quantitative estimate of drug-likeness (QED) is 0.543. The molecule has 32 heavy (non-hydrogen) atoms. The normalized spacial score (nSPS) is 16.6. The lowest BCUT2D eigenvalue weighted by atomic mass is 10.1. The predicted molar refractivity (Wildman–Crippen MR) is 124 cm³/mol. The minimum atomic E-state index is 0.0976. The van der Waals surface area contributed by atoms with Crippen LogP contribution in [0.5, 0.6) is 11.5 Å². The Bertz CT molecular complexity index is 1000. The standard InChI is InChI=1S/C25H33N3O4/c1-17-11-21-22(12-18(17)2)27-25(26-21)15-28(3)14-19-5-6-23(29-4)24(13-19)32-8-7-20-16-30-9-10-31-20/h5-6,11-13,20H,7-10,14-16H2,1-4H3,(H,26,27). The van der Waals surface area contributed by atoms with Crippen molar-refractivity contribution >= 4 is 11.0 Å². The van der Waals surface area contributed by atoms with Crippen LogP contribution in [0.1, 0.15) is 28.9 Å². The molecule has 7 heteroatoms. The SMILES string of the molecule is COc1ccc(CN(C)Cc2nc3cc(C)c(C)cc3[nH]2)cc1OCCC1COCCO1. The molecule has 1 N–H and O–H groups in total. The molecule has 1 fully saturated rings. The molecule has 172 valence electrons. The van der Waals surface area contributed by atoms with Crippen LogP contribution in [0.3, 0.4) is 0 Å². The number of benzene rings is 2. The number of aromatic amines is 1. The van der Waals surface area contributed by atoms with Crippen LogP contribution in [0.4, 0.5) is 0 Å². The second-order valence-corrected chi connectivity index (χ2v) is 8.50. The van der Waals surface area contributed by atoms with Crippen molar-refractivity contribution in [2.45, 2.75) is 39.5 Å². The van der Waals surface area contributed by atoms with Crippen molar-refractivity contribution in [1.29, 1.82) is 0 Å². The molecule has 0 spiro atoms. The van der Waals surface area contributed by atoms with Gasteiger partial charge in [0, 0.05) is 13.0 Å². The molecule has 0 bridgehead atoms. The maximum atomic E-state index is 6.04. The molecule has 1 aromatic heterocycles. The van der Waals surface area contributed by atoms with Crippen LogP contribution in [0.2, 0.25) is 0 Å². The van der Waals surface area contributed by atoms with E-state index in [0.29, 0.717) is 26.4 Å². The number of hydrogen-bond acceptors (Lipinski definition) is 6. The fourth-order valence-electron chi connectivity index (χ4n) is 3.96. The van der Waals surface area contributed by atoms with Crippen LogP contribution >= 0.6 is 0 Å². The van der Waals surface area contributed by atoms with Crippen molar-refractivity contribution in [3.63, 3.8) is 0 Å². The number of ether oxygens (including phenoxy) is 4. The largest absolute Gasteiger partial charge is 0.493 e. The molecule has 1 aliphatic rings. The number of fused-ring (bicyclic) bond motifs is 1. The van der Waals surface area contributed by atoms with Crippen molar-refractivity contribution < 1.29 is 18.9 Å². The molecule has 2 heterocycles. The summed E-state index contributed by atoms with van der Waals surface area (Å²) in [5.74, 6) is 2.46. The van der Waals surface area contributed by atoms with Crippen LogP contribution in [-0.2, 0) is 22.6 Å². The van der Waals surface area contributed by atoms with E-state index in [2.05, 4.69) is 55.0 Å². The maximum Gasteiger partial charge on any atom is 0.161 e. The van der Waals surface area contributed by atoms with Gasteiger partial charge in [0.05, 0.1) is 57.2 Å². The highest BCUT2D eigenvalue weighted by Crippen LogP contribution is 2.29. The number of rotatable bonds is 9. The van der Waals surface area contributed by atoms with Gasteiger partial charge in [0.1, 0.15) is 5.82 Å². The molecular formula is C25H33N3O4. The van der Waals surface area contributed by atoms with Gasteiger partial charge in [0.15, 0.2) is 11.5 Å². The Morgan fingerprint density at radius 3 is 2.72 bits per heavy atom. The van der Waals surface area contributed by atoms with Crippen molar-refractivity contribution in [2.24, 2.45) is 0 Å². The molecule has 0 amide bonds. The van der Waals surface area contributed by atoms with Crippen LogP contribution in [0, 0.1) is 13.8 Å². The monoisotopic (exact) mass is 439 g/mol. The summed E-state index contributed by atoms with van der Waals surface area (Å²) in [7, 11) is 3.76. The third-order valence-corrected chi connectivity index (χ3v) is 5.83. The van der Waals surface area contributed by atoms with Gasteiger partial charge in [-0.2, -0.15) is 0 Å². The summed E-state index contributed by atoms with van der Waals surface area (Å²) < 4.78 is 22.7. The third kappa shape index (κ3) is 5.59. The van der Waals surface area contributed by atoms with Gasteiger partial charge < -0.3 is 23.9 Å². The van der Waals surface area contributed by atoms with Crippen LogP contribution in [-0.4, -0.2) is 61.6 Å². The lowest BCUT2D eigenvalue weighted by Gasteiger charge is -2.23. The zero-order valence-electron chi connectivity index (χ0n) is 19.4. The van der Waals surface area contributed by atoms with Gasteiger partial charge in [-0.1, -0.05) is 6.07 Å². The highest BCUT2D eigenvalue weighted by Gasteiger charge is 2.15. The van der Waals surface area contributed by atoms with E-state index < -0.39 is 0 Å². The smallest absolute Gasteiger partial charge is 0.161 e. The van der Waals surface area contributed by atoms with E-state index in [9.17, 15) is 0 Å². The summed E-state index contributed by atoms with van der Waals surface area (Å²) >= 11 is 0. The van der Waals surface area contributed by atoms with Gasteiger partial charge in [0.2, 0.25) is 0 Å². The average Bonchev–Trinajstić information content (AvgIpc) is 3.15. The predicted octanol–water partition coefficient (Wildman–Crippen LogP) is 4.00. The van der Waals surface area contributed by atoms with Gasteiger partial charge >= 0.3 is 0 Å². The fourth-order valence-corrected chi connectivity index (χ4v) is 3.96. The van der Waals surface area contributed by atoms with Gasteiger partial charge in [-0.3, -0.25) is 4.90 Å². The van der Waals surface area contributed by atoms with Crippen LogP contribution < -0.4 is 9.47 Å². The number of nitrogens with zero attached hydrogens (tertiary/aromatic N) is 2. The number of imidazole rings is 1. The second-order valence-electron chi connectivity index (χ2n) is 8.50. The van der Waals surface area contributed by atoms with Crippen molar-refractivity contribution in [1.82, 2.24) is 14.9 Å². The Labute approximate surface area is 189 Å². The summed E-state index contributed by atoms with van der Waals surface area (Å²) in [6, 6.07) is 10.4. The average molecular weight is 440 g/mol. The number of nitrogens with one attached hydrogen (secondary N) is 1. The second kappa shape index (κ2) is 10.3. The Hall–Kier alpha value is -2.61. The highest BCUT2D eigenvalue weighted by atomic mass is 16.6. The first-order valence-corrected chi connectivity index (χ1v) is 11.2. The zero-order chi connectivity index (χ0) is 22.5. The van der Waals surface area contributed by atoms with Gasteiger partial charge in [-0.25, -0.2) is 4.98 Å². The van der Waals surface area contributed by atoms with Crippen molar-refractivity contribution in [2.75, 3.05) is 40.6 Å². The van der Waals surface area contributed by atoms with Gasteiger partial charge in [-0.05, 0) is 61.9 Å². The van der Waals surface area contributed by atoms with E-state index in [4.69, 9.17) is 23.9 Å². The molecule has 0 radical (unpaired) electrons. The third-order valence-electron chi connectivity index (χ3n) is 5.83. The molecule has 1 atom stereocenters. The summed E-state index contributed by atoms with van der Waals surface area (Å²) in [6.07, 6.45) is 0.888. The first-order valence-electron chi connectivity index (χ1n) is 11.2. The van der Waals surface area contributed by atoms with E-state index in [1.165, 1.54) is 11.1 Å². The zero-order valence-corrected chi connectivity index (χ0v) is 19.4. The topological polar surface area (TPSA) is 68.8 Å². The van der Waals surface area contributed by atoms with E-state index >= 15 is 0 Å². The molecule has 3 aromatic rings. The summed E-state index contributed by atoms with van der Waals surface area (Å²) in [4.78, 5) is 10.4. The first-order chi connectivity index (χ1) is 15.5. The Kier molecular flexibility index (Phi) is 7.29. The molecule has 0 saturated carbocycles. The van der Waals surface area contributed by atoms with Crippen molar-refractivity contribution in [3.8, 4) is 11.5 Å². The lowest BCUT2D eigenvalue weighted by molar-refractivity contribution is -0.0935. The van der Waals surface area contributed by atoms with Crippen LogP contribution in [0.15, 0.2) is 30.3 Å².